The topological polar surface area (TPSA) is 66.4 Å². The standard InChI is InChI=1S/C10H11NO2.C10H8O/c1-8(12)7-10(13)11-9-5-3-2-4-6-9;11-10-6-5-8-3-1-2-4-9(8)7-10/h2-6H,7H2,1H3,(H,11,13);1-7,11H. The van der Waals surface area contributed by atoms with Gasteiger partial charge in [-0.05, 0) is 42.0 Å². The first-order chi connectivity index (χ1) is 11.5. The summed E-state index contributed by atoms with van der Waals surface area (Å²) < 4.78 is 0. The van der Waals surface area contributed by atoms with Gasteiger partial charge in [-0.15, -0.1) is 0 Å². The van der Waals surface area contributed by atoms with Gasteiger partial charge in [-0.25, -0.2) is 0 Å². The first-order valence-corrected chi connectivity index (χ1v) is 7.57. The van der Waals surface area contributed by atoms with Gasteiger partial charge in [0, 0.05) is 5.69 Å². The van der Waals surface area contributed by atoms with E-state index in [2.05, 4.69) is 5.32 Å². The van der Waals surface area contributed by atoms with E-state index in [1.807, 2.05) is 48.5 Å². The van der Waals surface area contributed by atoms with Crippen LogP contribution in [-0.4, -0.2) is 16.8 Å². The van der Waals surface area contributed by atoms with E-state index in [9.17, 15) is 9.59 Å². The Hall–Kier alpha value is -3.14. The van der Waals surface area contributed by atoms with E-state index in [1.54, 1.807) is 24.3 Å². The predicted octanol–water partition coefficient (Wildman–Crippen LogP) is 4.15. The average molecular weight is 321 g/mol. The lowest BCUT2D eigenvalue weighted by Crippen LogP contribution is -2.14. The normalized spacial score (nSPS) is 9.71. The van der Waals surface area contributed by atoms with Crippen molar-refractivity contribution in [3.05, 3.63) is 72.8 Å². The van der Waals surface area contributed by atoms with Gasteiger partial charge in [0.25, 0.3) is 0 Å². The van der Waals surface area contributed by atoms with Gasteiger partial charge in [0.1, 0.15) is 11.5 Å². The zero-order valence-corrected chi connectivity index (χ0v) is 13.4. The van der Waals surface area contributed by atoms with Crippen molar-refractivity contribution in [3.63, 3.8) is 0 Å². The molecule has 4 heteroatoms. The van der Waals surface area contributed by atoms with Gasteiger partial charge in [0.05, 0.1) is 6.42 Å². The van der Waals surface area contributed by atoms with Gasteiger partial charge in [0.2, 0.25) is 5.91 Å². The van der Waals surface area contributed by atoms with Crippen LogP contribution in [0.1, 0.15) is 13.3 Å². The number of ketones is 1. The molecule has 3 aromatic rings. The molecule has 0 fully saturated rings. The molecule has 0 heterocycles. The van der Waals surface area contributed by atoms with E-state index >= 15 is 0 Å². The minimum Gasteiger partial charge on any atom is -0.508 e. The fourth-order valence-corrected chi connectivity index (χ4v) is 2.13. The van der Waals surface area contributed by atoms with Crippen LogP contribution in [0, 0.1) is 0 Å². The van der Waals surface area contributed by atoms with Crippen LogP contribution in [0.4, 0.5) is 5.69 Å². The molecule has 0 radical (unpaired) electrons. The molecular formula is C20H19NO3. The minimum absolute atomic E-state index is 0.0606. The first kappa shape index (κ1) is 17.2. The maximum atomic E-state index is 11.1. The van der Waals surface area contributed by atoms with Crippen molar-refractivity contribution in [3.8, 4) is 5.75 Å². The minimum atomic E-state index is -0.265. The highest BCUT2D eigenvalue weighted by Gasteiger charge is 2.04. The maximum absolute atomic E-state index is 11.1. The summed E-state index contributed by atoms with van der Waals surface area (Å²) in [5.41, 5.74) is 0.716. The lowest BCUT2D eigenvalue weighted by Gasteiger charge is -2.01. The molecule has 0 aromatic heterocycles. The van der Waals surface area contributed by atoms with Crippen LogP contribution in [0.2, 0.25) is 0 Å². The molecule has 0 unspecified atom stereocenters. The van der Waals surface area contributed by atoms with Crippen LogP contribution < -0.4 is 5.32 Å². The van der Waals surface area contributed by atoms with E-state index in [0.717, 1.165) is 10.8 Å². The number of hydrogen-bond donors (Lipinski definition) is 2. The van der Waals surface area contributed by atoms with Crippen LogP contribution in [0.5, 0.6) is 5.75 Å². The highest BCUT2D eigenvalue weighted by molar-refractivity contribution is 6.03. The monoisotopic (exact) mass is 321 g/mol. The highest BCUT2D eigenvalue weighted by atomic mass is 16.3. The largest absolute Gasteiger partial charge is 0.508 e. The molecule has 4 nitrogen and oxygen atoms in total. The molecule has 0 atom stereocenters. The lowest BCUT2D eigenvalue weighted by molar-refractivity contribution is -0.124. The zero-order valence-electron chi connectivity index (χ0n) is 13.4. The summed E-state index contributed by atoms with van der Waals surface area (Å²) in [7, 11) is 0. The second-order valence-electron chi connectivity index (χ2n) is 5.32. The Bertz CT molecular complexity index is 828. The van der Waals surface area contributed by atoms with Gasteiger partial charge in [-0.3, -0.25) is 9.59 Å². The number of carbonyl (C=O) groups is 2. The second kappa shape index (κ2) is 8.48. The number of phenolic OH excluding ortho intramolecular Hbond substituents is 1. The van der Waals surface area contributed by atoms with Crippen LogP contribution >= 0.6 is 0 Å². The van der Waals surface area contributed by atoms with Crippen molar-refractivity contribution in [2.75, 3.05) is 5.32 Å². The second-order valence-corrected chi connectivity index (χ2v) is 5.32. The molecule has 3 aromatic carbocycles. The summed E-state index contributed by atoms with van der Waals surface area (Å²) in [4.78, 5) is 21.7. The van der Waals surface area contributed by atoms with E-state index in [1.165, 1.54) is 6.92 Å². The third kappa shape index (κ3) is 5.57. The number of anilines is 1. The molecule has 3 rings (SSSR count). The average Bonchev–Trinajstić information content (AvgIpc) is 2.55. The summed E-state index contributed by atoms with van der Waals surface area (Å²) in [5.74, 6) is -0.0733. The number of fused-ring (bicyclic) bond motifs is 1. The molecule has 0 aliphatic carbocycles. The van der Waals surface area contributed by atoms with Gasteiger partial charge in [-0.1, -0.05) is 48.5 Å². The smallest absolute Gasteiger partial charge is 0.231 e. The highest BCUT2D eigenvalue weighted by Crippen LogP contribution is 2.18. The van der Waals surface area contributed by atoms with Crippen molar-refractivity contribution >= 4 is 28.2 Å². The van der Waals surface area contributed by atoms with Crippen LogP contribution in [0.3, 0.4) is 0 Å². The number of aromatic hydroxyl groups is 1. The molecule has 0 spiro atoms. The number of amides is 1. The Morgan fingerprint density at radius 2 is 1.50 bits per heavy atom. The van der Waals surface area contributed by atoms with E-state index in [4.69, 9.17) is 5.11 Å². The molecule has 0 aliphatic rings. The van der Waals surface area contributed by atoms with Crippen LogP contribution in [-0.2, 0) is 9.59 Å². The zero-order chi connectivity index (χ0) is 17.4. The summed E-state index contributed by atoms with van der Waals surface area (Å²) in [6, 6.07) is 22.4. The quantitative estimate of drug-likeness (QED) is 0.712. The third-order valence-electron chi connectivity index (χ3n) is 3.20. The van der Waals surface area contributed by atoms with Gasteiger partial charge < -0.3 is 10.4 Å². The number of carbonyl (C=O) groups excluding carboxylic acids is 2. The lowest BCUT2D eigenvalue weighted by atomic mass is 10.1. The maximum Gasteiger partial charge on any atom is 0.231 e. The molecule has 2 N–H and O–H groups in total. The van der Waals surface area contributed by atoms with Gasteiger partial charge in [-0.2, -0.15) is 0 Å². The van der Waals surface area contributed by atoms with Crippen molar-refractivity contribution in [1.29, 1.82) is 0 Å². The fraction of sp³-hybridized carbons (Fsp3) is 0.100. The summed E-state index contributed by atoms with van der Waals surface area (Å²) in [6.07, 6.45) is -0.0606. The Morgan fingerprint density at radius 3 is 2.17 bits per heavy atom. The van der Waals surface area contributed by atoms with Crippen molar-refractivity contribution < 1.29 is 14.7 Å². The number of nitrogens with one attached hydrogen (secondary N) is 1. The number of hydrogen-bond acceptors (Lipinski definition) is 3. The Kier molecular flexibility index (Phi) is 6.08. The Balaban J connectivity index is 0.000000175. The van der Waals surface area contributed by atoms with E-state index in [-0.39, 0.29) is 18.1 Å². The number of para-hydroxylation sites is 1. The Labute approximate surface area is 140 Å². The molecule has 122 valence electrons. The van der Waals surface area contributed by atoms with Crippen molar-refractivity contribution in [2.45, 2.75) is 13.3 Å². The summed E-state index contributed by atoms with van der Waals surface area (Å²) >= 11 is 0. The first-order valence-electron chi connectivity index (χ1n) is 7.57. The Morgan fingerprint density at radius 1 is 0.875 bits per heavy atom. The van der Waals surface area contributed by atoms with Crippen LogP contribution in [0.25, 0.3) is 10.8 Å². The molecule has 0 bridgehead atoms. The SMILES string of the molecule is CC(=O)CC(=O)Nc1ccccc1.Oc1ccc2ccccc2c1. The molecule has 0 saturated heterocycles. The van der Waals surface area contributed by atoms with Crippen LogP contribution in [0.15, 0.2) is 72.8 Å². The van der Waals surface area contributed by atoms with Gasteiger partial charge in [0.15, 0.2) is 0 Å². The van der Waals surface area contributed by atoms with E-state index < -0.39 is 0 Å². The third-order valence-corrected chi connectivity index (χ3v) is 3.20. The van der Waals surface area contributed by atoms with Crippen molar-refractivity contribution in [1.82, 2.24) is 0 Å². The summed E-state index contributed by atoms with van der Waals surface area (Å²) in [5, 5.41) is 14.0. The number of Topliss-reactive ketones (excluding diaryl/α,β-unsaturated/α-hetero) is 1. The fourth-order valence-electron chi connectivity index (χ4n) is 2.13. The molecule has 24 heavy (non-hydrogen) atoms. The molecule has 1 amide bonds. The molecule has 0 aliphatic heterocycles. The number of benzene rings is 3. The van der Waals surface area contributed by atoms with Crippen molar-refractivity contribution in [2.24, 2.45) is 0 Å². The molecular weight excluding hydrogens is 302 g/mol. The summed E-state index contributed by atoms with van der Waals surface area (Å²) in [6.45, 7) is 1.39. The van der Waals surface area contributed by atoms with E-state index in [0.29, 0.717) is 11.4 Å². The number of phenols is 1. The predicted molar refractivity (Wildman–Crippen MR) is 96.0 cm³/mol. The van der Waals surface area contributed by atoms with Gasteiger partial charge >= 0.3 is 0 Å². The molecule has 0 saturated carbocycles. The number of rotatable bonds is 3.